The first kappa shape index (κ1) is 11.8. The zero-order valence-electron chi connectivity index (χ0n) is 9.66. The molecule has 0 bridgehead atoms. The molecule has 2 heterocycles. The van der Waals surface area contributed by atoms with Crippen LogP contribution in [0.25, 0.3) is 0 Å². The maximum Gasteiger partial charge on any atom is 0.224 e. The molecule has 2 fully saturated rings. The van der Waals surface area contributed by atoms with Gasteiger partial charge in [0.1, 0.15) is 5.60 Å². The number of hydrogen-bond acceptors (Lipinski definition) is 4. The Morgan fingerprint density at radius 1 is 1.62 bits per heavy atom. The van der Waals surface area contributed by atoms with Crippen LogP contribution in [0.4, 0.5) is 0 Å². The molecular weight excluding hydrogens is 208 g/mol. The minimum atomic E-state index is -0.856. The molecule has 5 heteroatoms. The summed E-state index contributed by atoms with van der Waals surface area (Å²) < 4.78 is 5.13. The first-order valence-electron chi connectivity index (χ1n) is 5.89. The van der Waals surface area contributed by atoms with Crippen molar-refractivity contribution in [2.75, 3.05) is 32.8 Å². The lowest BCUT2D eigenvalue weighted by molar-refractivity contribution is -0.126. The fourth-order valence-electron chi connectivity index (χ4n) is 2.28. The highest BCUT2D eigenvalue weighted by atomic mass is 16.5. The maximum absolute atomic E-state index is 11.9. The molecule has 2 rings (SSSR count). The Balaban J connectivity index is 1.79. The molecule has 16 heavy (non-hydrogen) atoms. The minimum Gasteiger partial charge on any atom is -0.386 e. The average Bonchev–Trinajstić information content (AvgIpc) is 2.85. The molecule has 2 saturated heterocycles. The summed E-state index contributed by atoms with van der Waals surface area (Å²) in [5, 5.41) is 16.0. The lowest BCUT2D eigenvalue weighted by Crippen LogP contribution is -2.46. The molecule has 0 spiro atoms. The van der Waals surface area contributed by atoms with E-state index in [1.54, 1.807) is 0 Å². The second-order valence-corrected chi connectivity index (χ2v) is 4.99. The molecule has 5 nitrogen and oxygen atoms in total. The number of rotatable bonds is 3. The van der Waals surface area contributed by atoms with Crippen molar-refractivity contribution in [2.24, 2.45) is 11.8 Å². The van der Waals surface area contributed by atoms with Crippen molar-refractivity contribution in [3.8, 4) is 0 Å². The monoisotopic (exact) mass is 228 g/mol. The van der Waals surface area contributed by atoms with E-state index in [0.29, 0.717) is 32.1 Å². The van der Waals surface area contributed by atoms with Crippen molar-refractivity contribution in [1.82, 2.24) is 10.6 Å². The molecule has 1 amide bonds. The summed E-state index contributed by atoms with van der Waals surface area (Å²) in [5.41, 5.74) is -0.856. The predicted molar refractivity (Wildman–Crippen MR) is 58.9 cm³/mol. The van der Waals surface area contributed by atoms with Gasteiger partial charge in [-0.25, -0.2) is 0 Å². The van der Waals surface area contributed by atoms with E-state index in [1.807, 2.05) is 0 Å². The van der Waals surface area contributed by atoms with Gasteiger partial charge in [-0.1, -0.05) is 6.92 Å². The highest BCUT2D eigenvalue weighted by Gasteiger charge is 2.35. The van der Waals surface area contributed by atoms with Crippen molar-refractivity contribution in [1.29, 1.82) is 0 Å². The second kappa shape index (κ2) is 4.69. The van der Waals surface area contributed by atoms with Crippen LogP contribution in [0.2, 0.25) is 0 Å². The number of carbonyl (C=O) groups is 1. The quantitative estimate of drug-likeness (QED) is 0.586. The van der Waals surface area contributed by atoms with Gasteiger partial charge in [-0.05, 0) is 12.5 Å². The molecular formula is C11H20N2O3. The molecule has 2 aliphatic rings. The molecule has 0 aromatic carbocycles. The number of amides is 1. The van der Waals surface area contributed by atoms with Crippen LogP contribution in [-0.2, 0) is 9.53 Å². The van der Waals surface area contributed by atoms with Gasteiger partial charge < -0.3 is 20.5 Å². The third kappa shape index (κ3) is 2.53. The van der Waals surface area contributed by atoms with Crippen LogP contribution >= 0.6 is 0 Å². The Bertz CT molecular complexity index is 264. The van der Waals surface area contributed by atoms with Gasteiger partial charge in [-0.15, -0.1) is 0 Å². The largest absolute Gasteiger partial charge is 0.386 e. The third-order valence-electron chi connectivity index (χ3n) is 3.53. The Kier molecular flexibility index (Phi) is 3.47. The van der Waals surface area contributed by atoms with Gasteiger partial charge in [-0.2, -0.15) is 0 Å². The van der Waals surface area contributed by atoms with Gasteiger partial charge in [0.05, 0.1) is 12.5 Å². The first-order chi connectivity index (χ1) is 7.61. The van der Waals surface area contributed by atoms with E-state index in [9.17, 15) is 9.90 Å². The minimum absolute atomic E-state index is 0.0333. The Morgan fingerprint density at radius 2 is 2.44 bits per heavy atom. The van der Waals surface area contributed by atoms with E-state index in [2.05, 4.69) is 17.6 Å². The van der Waals surface area contributed by atoms with Crippen LogP contribution in [0.3, 0.4) is 0 Å². The van der Waals surface area contributed by atoms with E-state index >= 15 is 0 Å². The summed E-state index contributed by atoms with van der Waals surface area (Å²) >= 11 is 0. The topological polar surface area (TPSA) is 70.6 Å². The maximum atomic E-state index is 11.9. The number of hydrogen-bond donors (Lipinski definition) is 3. The highest BCUT2D eigenvalue weighted by Crippen LogP contribution is 2.19. The van der Waals surface area contributed by atoms with Gasteiger partial charge in [0.2, 0.25) is 5.91 Å². The zero-order chi connectivity index (χ0) is 11.6. The van der Waals surface area contributed by atoms with Gasteiger partial charge in [-0.3, -0.25) is 4.79 Å². The predicted octanol–water partition coefficient (Wildman–Crippen LogP) is -0.890. The molecule has 0 aromatic heterocycles. The standard InChI is InChI=1S/C11H20N2O3/c1-8-4-12-5-9(8)10(14)13-6-11(15)2-3-16-7-11/h8-9,12,15H,2-7H2,1H3,(H,13,14). The summed E-state index contributed by atoms with van der Waals surface area (Å²) in [6, 6.07) is 0. The van der Waals surface area contributed by atoms with Crippen LogP contribution in [0.1, 0.15) is 13.3 Å². The van der Waals surface area contributed by atoms with Crippen LogP contribution in [0, 0.1) is 11.8 Å². The Morgan fingerprint density at radius 3 is 3.00 bits per heavy atom. The molecule has 2 aliphatic heterocycles. The summed E-state index contributed by atoms with van der Waals surface area (Å²) in [4.78, 5) is 11.9. The summed E-state index contributed by atoms with van der Waals surface area (Å²) in [5.74, 6) is 0.443. The number of ether oxygens (including phenoxy) is 1. The van der Waals surface area contributed by atoms with Gasteiger partial charge >= 0.3 is 0 Å². The van der Waals surface area contributed by atoms with E-state index in [-0.39, 0.29) is 11.8 Å². The van der Waals surface area contributed by atoms with Crippen molar-refractivity contribution in [2.45, 2.75) is 18.9 Å². The van der Waals surface area contributed by atoms with Crippen LogP contribution in [0.15, 0.2) is 0 Å². The highest BCUT2D eigenvalue weighted by molar-refractivity contribution is 5.79. The molecule has 3 unspecified atom stereocenters. The van der Waals surface area contributed by atoms with Crippen LogP contribution in [0.5, 0.6) is 0 Å². The Labute approximate surface area is 95.5 Å². The lowest BCUT2D eigenvalue weighted by atomic mass is 9.96. The van der Waals surface area contributed by atoms with Crippen molar-refractivity contribution in [3.63, 3.8) is 0 Å². The number of carbonyl (C=O) groups excluding carboxylic acids is 1. The van der Waals surface area contributed by atoms with E-state index in [1.165, 1.54) is 0 Å². The van der Waals surface area contributed by atoms with Crippen LogP contribution in [-0.4, -0.2) is 49.5 Å². The molecule has 0 aromatic rings. The smallest absolute Gasteiger partial charge is 0.224 e. The number of nitrogens with one attached hydrogen (secondary N) is 2. The fourth-order valence-corrected chi connectivity index (χ4v) is 2.28. The van der Waals surface area contributed by atoms with E-state index in [4.69, 9.17) is 4.74 Å². The molecule has 0 radical (unpaired) electrons. The van der Waals surface area contributed by atoms with Gasteiger partial charge in [0.25, 0.3) is 0 Å². The second-order valence-electron chi connectivity index (χ2n) is 4.99. The lowest BCUT2D eigenvalue weighted by Gasteiger charge is -2.22. The zero-order valence-corrected chi connectivity index (χ0v) is 9.66. The summed E-state index contributed by atoms with van der Waals surface area (Å²) in [7, 11) is 0. The van der Waals surface area contributed by atoms with Gasteiger partial charge in [0, 0.05) is 26.1 Å². The van der Waals surface area contributed by atoms with Crippen molar-refractivity contribution >= 4 is 5.91 Å². The molecule has 3 atom stereocenters. The summed E-state index contributed by atoms with van der Waals surface area (Å²) in [6.45, 7) is 4.90. The number of aliphatic hydroxyl groups is 1. The fraction of sp³-hybridized carbons (Fsp3) is 0.909. The van der Waals surface area contributed by atoms with Gasteiger partial charge in [0.15, 0.2) is 0 Å². The van der Waals surface area contributed by atoms with Crippen LogP contribution < -0.4 is 10.6 Å². The molecule has 3 N–H and O–H groups in total. The SMILES string of the molecule is CC1CNCC1C(=O)NCC1(O)CCOC1. The summed E-state index contributed by atoms with van der Waals surface area (Å²) in [6.07, 6.45) is 0.603. The molecule has 0 saturated carbocycles. The van der Waals surface area contributed by atoms with E-state index < -0.39 is 5.60 Å². The normalized spacial score (nSPS) is 38.9. The van der Waals surface area contributed by atoms with Crippen molar-refractivity contribution in [3.05, 3.63) is 0 Å². The molecule has 92 valence electrons. The third-order valence-corrected chi connectivity index (χ3v) is 3.53. The Hall–Kier alpha value is -0.650. The molecule has 0 aliphatic carbocycles. The first-order valence-corrected chi connectivity index (χ1v) is 5.89. The van der Waals surface area contributed by atoms with Crippen molar-refractivity contribution < 1.29 is 14.6 Å². The average molecular weight is 228 g/mol. The van der Waals surface area contributed by atoms with E-state index in [0.717, 1.165) is 13.1 Å².